The molecule has 1 unspecified atom stereocenters. The lowest BCUT2D eigenvalue weighted by atomic mass is 10.1. The largest absolute Gasteiger partial charge is 0.396 e. The monoisotopic (exact) mass is 292 g/mol. The highest BCUT2D eigenvalue weighted by Gasteiger charge is 2.28. The molecule has 0 aromatic carbocycles. The van der Waals surface area contributed by atoms with Gasteiger partial charge in [-0.25, -0.2) is 0 Å². The fraction of sp³-hybridized carbons (Fsp3) is 0.571. The number of nitrogen functional groups attached to an aromatic ring is 1. The number of carbonyl (C=O) groups excluding carboxylic acids is 1. The number of nitrogens with two attached hydrogens (primary N) is 1. The fourth-order valence-corrected chi connectivity index (χ4v) is 3.64. The van der Waals surface area contributed by atoms with Gasteiger partial charge in [0, 0.05) is 19.6 Å². The Hall–Kier alpha value is -1.74. The highest BCUT2D eigenvalue weighted by Crippen LogP contribution is 2.40. The van der Waals surface area contributed by atoms with Crippen molar-refractivity contribution in [2.75, 3.05) is 30.3 Å². The molecule has 1 amide bonds. The number of anilines is 2. The lowest BCUT2D eigenvalue weighted by Gasteiger charge is -2.16. The third-order valence-corrected chi connectivity index (χ3v) is 5.00. The van der Waals surface area contributed by atoms with E-state index in [1.807, 2.05) is 6.92 Å². The molecule has 5 nitrogen and oxygen atoms in total. The molecule has 0 aliphatic carbocycles. The SMILES string of the molecule is CCNC(=O)c1sc(N2CCC(CC)C2)c(C#N)c1N. The Balaban J connectivity index is 2.32. The van der Waals surface area contributed by atoms with Gasteiger partial charge in [0.15, 0.2) is 0 Å². The second-order valence-corrected chi connectivity index (χ2v) is 6.00. The molecule has 20 heavy (non-hydrogen) atoms. The van der Waals surface area contributed by atoms with Crippen LogP contribution < -0.4 is 16.0 Å². The summed E-state index contributed by atoms with van der Waals surface area (Å²) in [6.45, 7) is 6.47. The Kier molecular flexibility index (Phi) is 4.50. The number of nitriles is 1. The first kappa shape index (κ1) is 14.7. The van der Waals surface area contributed by atoms with Gasteiger partial charge in [-0.05, 0) is 19.3 Å². The molecule has 3 N–H and O–H groups in total. The van der Waals surface area contributed by atoms with Gasteiger partial charge < -0.3 is 16.0 Å². The lowest BCUT2D eigenvalue weighted by Crippen LogP contribution is -2.22. The topological polar surface area (TPSA) is 82.2 Å². The summed E-state index contributed by atoms with van der Waals surface area (Å²) in [5.74, 6) is 0.474. The van der Waals surface area contributed by atoms with E-state index < -0.39 is 0 Å². The van der Waals surface area contributed by atoms with E-state index in [2.05, 4.69) is 23.2 Å². The van der Waals surface area contributed by atoms with Crippen LogP contribution in [0.3, 0.4) is 0 Å². The molecule has 1 aliphatic heterocycles. The molecule has 2 rings (SSSR count). The summed E-state index contributed by atoms with van der Waals surface area (Å²) in [6.07, 6.45) is 2.28. The second-order valence-electron chi connectivity index (χ2n) is 5.01. The third kappa shape index (κ3) is 2.59. The quantitative estimate of drug-likeness (QED) is 0.891. The molecule has 2 heterocycles. The number of carbonyl (C=O) groups is 1. The molecule has 1 saturated heterocycles. The summed E-state index contributed by atoms with van der Waals surface area (Å²) < 4.78 is 0. The van der Waals surface area contributed by atoms with E-state index in [-0.39, 0.29) is 5.91 Å². The molecule has 1 aromatic rings. The summed E-state index contributed by atoms with van der Waals surface area (Å²) in [4.78, 5) is 14.6. The maximum atomic E-state index is 12.0. The molecule has 1 aromatic heterocycles. The zero-order valence-corrected chi connectivity index (χ0v) is 12.7. The Morgan fingerprint density at radius 3 is 2.90 bits per heavy atom. The minimum Gasteiger partial charge on any atom is -0.396 e. The van der Waals surface area contributed by atoms with Crippen LogP contribution in [0.15, 0.2) is 0 Å². The zero-order chi connectivity index (χ0) is 14.7. The molecule has 108 valence electrons. The Bertz CT molecular complexity index is 546. The molecule has 1 aliphatic rings. The van der Waals surface area contributed by atoms with Gasteiger partial charge in [-0.1, -0.05) is 13.3 Å². The van der Waals surface area contributed by atoms with Crippen molar-refractivity contribution >= 4 is 27.9 Å². The van der Waals surface area contributed by atoms with E-state index in [9.17, 15) is 10.1 Å². The van der Waals surface area contributed by atoms with Crippen LogP contribution in [0.5, 0.6) is 0 Å². The number of nitrogens with zero attached hydrogens (tertiary/aromatic N) is 2. The maximum Gasteiger partial charge on any atom is 0.263 e. The van der Waals surface area contributed by atoms with Gasteiger partial charge in [-0.15, -0.1) is 11.3 Å². The molecular formula is C14H20N4OS. The molecule has 0 radical (unpaired) electrons. The number of thiophene rings is 1. The number of nitrogens with one attached hydrogen (secondary N) is 1. The van der Waals surface area contributed by atoms with E-state index in [0.717, 1.165) is 30.9 Å². The first-order valence-electron chi connectivity index (χ1n) is 6.97. The first-order chi connectivity index (χ1) is 9.62. The van der Waals surface area contributed by atoms with Crippen molar-refractivity contribution in [1.82, 2.24) is 5.32 Å². The van der Waals surface area contributed by atoms with Crippen LogP contribution in [0.1, 0.15) is 41.9 Å². The second kappa shape index (κ2) is 6.14. The Morgan fingerprint density at radius 1 is 1.60 bits per heavy atom. The minimum absolute atomic E-state index is 0.191. The van der Waals surface area contributed by atoms with Crippen molar-refractivity contribution in [2.24, 2.45) is 5.92 Å². The Morgan fingerprint density at radius 2 is 2.35 bits per heavy atom. The van der Waals surface area contributed by atoms with Crippen LogP contribution in [0.25, 0.3) is 0 Å². The van der Waals surface area contributed by atoms with Gasteiger partial charge >= 0.3 is 0 Å². The summed E-state index contributed by atoms with van der Waals surface area (Å²) in [7, 11) is 0. The van der Waals surface area contributed by atoms with Crippen LogP contribution >= 0.6 is 11.3 Å². The number of hydrogen-bond donors (Lipinski definition) is 2. The number of hydrogen-bond acceptors (Lipinski definition) is 5. The summed E-state index contributed by atoms with van der Waals surface area (Å²) >= 11 is 1.33. The van der Waals surface area contributed by atoms with Crippen molar-refractivity contribution in [3.05, 3.63) is 10.4 Å². The van der Waals surface area contributed by atoms with E-state index in [4.69, 9.17) is 5.73 Å². The van der Waals surface area contributed by atoms with E-state index in [1.54, 1.807) is 0 Å². The van der Waals surface area contributed by atoms with Crippen molar-refractivity contribution in [1.29, 1.82) is 5.26 Å². The molecule has 0 saturated carbocycles. The molecule has 0 spiro atoms. The standard InChI is InChI=1S/C14H20N4OS/c1-3-9-5-6-18(8-9)14-10(7-15)11(16)12(20-14)13(19)17-4-2/h9H,3-6,8,16H2,1-2H3,(H,17,19). The molecule has 0 bridgehead atoms. The van der Waals surface area contributed by atoms with Gasteiger partial charge in [0.25, 0.3) is 5.91 Å². The average Bonchev–Trinajstić information content (AvgIpc) is 3.02. The van der Waals surface area contributed by atoms with E-state index >= 15 is 0 Å². The van der Waals surface area contributed by atoms with Crippen molar-refractivity contribution in [3.63, 3.8) is 0 Å². The summed E-state index contributed by atoms with van der Waals surface area (Å²) in [6, 6.07) is 2.15. The number of amides is 1. The first-order valence-corrected chi connectivity index (χ1v) is 7.79. The van der Waals surface area contributed by atoms with Crippen LogP contribution in [0, 0.1) is 17.2 Å². The predicted molar refractivity (Wildman–Crippen MR) is 82.1 cm³/mol. The lowest BCUT2D eigenvalue weighted by molar-refractivity contribution is 0.0960. The van der Waals surface area contributed by atoms with Crippen LogP contribution in [0.4, 0.5) is 10.7 Å². The average molecular weight is 292 g/mol. The van der Waals surface area contributed by atoms with Crippen molar-refractivity contribution in [2.45, 2.75) is 26.7 Å². The smallest absolute Gasteiger partial charge is 0.263 e. The fourth-order valence-electron chi connectivity index (χ4n) is 2.52. The molecule has 6 heteroatoms. The van der Waals surface area contributed by atoms with Crippen LogP contribution in [-0.2, 0) is 0 Å². The predicted octanol–water partition coefficient (Wildman–Crippen LogP) is 2.19. The van der Waals surface area contributed by atoms with Gasteiger partial charge in [0.2, 0.25) is 0 Å². The van der Waals surface area contributed by atoms with E-state index in [1.165, 1.54) is 11.3 Å². The van der Waals surface area contributed by atoms with Crippen LogP contribution in [0.2, 0.25) is 0 Å². The van der Waals surface area contributed by atoms with Crippen molar-refractivity contribution < 1.29 is 4.79 Å². The summed E-state index contributed by atoms with van der Waals surface area (Å²) in [5, 5.41) is 12.9. The van der Waals surface area contributed by atoms with Gasteiger partial charge in [-0.2, -0.15) is 5.26 Å². The maximum absolute atomic E-state index is 12.0. The Labute approximate surface area is 123 Å². The van der Waals surface area contributed by atoms with Crippen molar-refractivity contribution in [3.8, 4) is 6.07 Å². The normalized spacial score (nSPS) is 18.1. The van der Waals surface area contributed by atoms with E-state index in [0.29, 0.717) is 28.6 Å². The van der Waals surface area contributed by atoms with Crippen LogP contribution in [-0.4, -0.2) is 25.5 Å². The summed E-state index contributed by atoms with van der Waals surface area (Å²) in [5.41, 5.74) is 6.75. The number of rotatable bonds is 4. The molecule has 1 fully saturated rings. The zero-order valence-electron chi connectivity index (χ0n) is 11.9. The third-order valence-electron chi connectivity index (χ3n) is 3.73. The molecule has 1 atom stereocenters. The van der Waals surface area contributed by atoms with Gasteiger partial charge in [0.1, 0.15) is 21.5 Å². The van der Waals surface area contributed by atoms with Gasteiger partial charge in [-0.3, -0.25) is 4.79 Å². The highest BCUT2D eigenvalue weighted by molar-refractivity contribution is 7.19. The minimum atomic E-state index is -0.191. The van der Waals surface area contributed by atoms with Gasteiger partial charge in [0.05, 0.1) is 5.69 Å². The molecular weight excluding hydrogens is 272 g/mol. The highest BCUT2D eigenvalue weighted by atomic mass is 32.1.